The molecular weight excluding hydrogens is 450 g/mol. The average Bonchev–Trinajstić information content (AvgIpc) is 2.78. The summed E-state index contributed by atoms with van der Waals surface area (Å²) in [6.07, 6.45) is 2.49. The average molecular weight is 477 g/mol. The molecule has 1 aliphatic heterocycles. The van der Waals surface area contributed by atoms with Gasteiger partial charge in [-0.1, -0.05) is 31.9 Å². The minimum atomic E-state index is -1.01. The number of non-ortho nitro benzene ring substituents is 1. The molecule has 12 nitrogen and oxygen atoms in total. The topological polar surface area (TPSA) is 160 Å². The molecule has 34 heavy (non-hydrogen) atoms. The lowest BCUT2D eigenvalue weighted by molar-refractivity contribution is -0.757. The first-order chi connectivity index (χ1) is 16.2. The van der Waals surface area contributed by atoms with Crippen molar-refractivity contribution in [1.82, 2.24) is 5.32 Å². The van der Waals surface area contributed by atoms with E-state index in [1.165, 1.54) is 18.2 Å². The zero-order chi connectivity index (χ0) is 25.3. The van der Waals surface area contributed by atoms with Crippen molar-refractivity contribution < 1.29 is 33.9 Å². The summed E-state index contributed by atoms with van der Waals surface area (Å²) in [6, 6.07) is 5.60. The summed E-state index contributed by atoms with van der Waals surface area (Å²) in [5, 5.41) is 23.6. The van der Waals surface area contributed by atoms with Gasteiger partial charge in [0.2, 0.25) is 0 Å². The van der Waals surface area contributed by atoms with Gasteiger partial charge in [0.15, 0.2) is 0 Å². The Morgan fingerprint density at radius 2 is 1.59 bits per heavy atom. The van der Waals surface area contributed by atoms with Crippen LogP contribution in [-0.2, 0) is 23.9 Å². The Morgan fingerprint density at radius 1 is 0.971 bits per heavy atom. The minimum Gasteiger partial charge on any atom is -0.462 e. The van der Waals surface area contributed by atoms with E-state index in [9.17, 15) is 29.8 Å². The summed E-state index contributed by atoms with van der Waals surface area (Å²) >= 11 is 0. The Balaban J connectivity index is 2.44. The molecule has 0 aromatic heterocycles. The maximum absolute atomic E-state index is 13.1. The van der Waals surface area contributed by atoms with Crippen LogP contribution in [0.25, 0.3) is 0 Å². The first-order valence-electron chi connectivity index (χ1n) is 10.7. The molecule has 1 aromatic rings. The van der Waals surface area contributed by atoms with Gasteiger partial charge in [0.1, 0.15) is 13.2 Å². The number of dihydropyridines is 1. The van der Waals surface area contributed by atoms with E-state index in [2.05, 4.69) is 10.2 Å². The third kappa shape index (κ3) is 6.77. The molecule has 0 saturated heterocycles. The predicted molar refractivity (Wildman–Crippen MR) is 119 cm³/mol. The van der Waals surface area contributed by atoms with Crippen molar-refractivity contribution in [2.45, 2.75) is 46.0 Å². The molecule has 2 rings (SSSR count). The lowest BCUT2D eigenvalue weighted by atomic mass is 9.80. The molecule has 0 aliphatic carbocycles. The standard InChI is InChI=1S/C22H27N3O9/c1-4-5-6-10-32-21(26)18-14(2)23-15(3)19(22(27)33-11-12-34-25(30)31)20(18)16-8-7-9-17(13-16)24(28)29/h7-9,13,20,23H,4-6,10-12H2,1-3H3. The van der Waals surface area contributed by atoms with Gasteiger partial charge in [-0.05, 0) is 25.8 Å². The second kappa shape index (κ2) is 12.3. The van der Waals surface area contributed by atoms with E-state index in [1.807, 2.05) is 6.92 Å². The monoisotopic (exact) mass is 477 g/mol. The number of hydrogen-bond donors (Lipinski definition) is 1. The van der Waals surface area contributed by atoms with Crippen molar-refractivity contribution in [3.8, 4) is 0 Å². The molecule has 0 radical (unpaired) electrons. The molecule has 0 fully saturated rings. The fraction of sp³-hybridized carbons (Fsp3) is 0.455. The van der Waals surface area contributed by atoms with Crippen LogP contribution >= 0.6 is 0 Å². The molecule has 184 valence electrons. The van der Waals surface area contributed by atoms with E-state index in [4.69, 9.17) is 9.47 Å². The summed E-state index contributed by atoms with van der Waals surface area (Å²) < 4.78 is 10.6. The number of nitro groups is 1. The number of esters is 2. The van der Waals surface area contributed by atoms with Gasteiger partial charge in [-0.2, -0.15) is 0 Å². The van der Waals surface area contributed by atoms with E-state index in [0.717, 1.165) is 12.8 Å². The van der Waals surface area contributed by atoms with Crippen LogP contribution in [0.2, 0.25) is 0 Å². The van der Waals surface area contributed by atoms with Gasteiger partial charge >= 0.3 is 11.9 Å². The Kier molecular flexibility index (Phi) is 9.53. The molecule has 1 unspecified atom stereocenters. The van der Waals surface area contributed by atoms with E-state index in [-0.39, 0.29) is 23.4 Å². The SMILES string of the molecule is CCCCCOC(=O)C1=C(C)NC(C)=C(C(=O)OCCO[N+](=O)[O-])C1c1cccc([N+](=O)[O-])c1. The van der Waals surface area contributed by atoms with E-state index in [1.54, 1.807) is 19.9 Å². The number of ether oxygens (including phenoxy) is 2. The van der Waals surface area contributed by atoms with Gasteiger partial charge in [-0.15, -0.1) is 10.1 Å². The highest BCUT2D eigenvalue weighted by Crippen LogP contribution is 2.40. The predicted octanol–water partition coefficient (Wildman–Crippen LogP) is 3.31. The number of allylic oxidation sites excluding steroid dienone is 2. The van der Waals surface area contributed by atoms with Crippen molar-refractivity contribution in [3.05, 3.63) is 72.6 Å². The van der Waals surface area contributed by atoms with Gasteiger partial charge in [0.05, 0.1) is 28.6 Å². The summed E-state index contributed by atoms with van der Waals surface area (Å²) in [4.78, 5) is 51.3. The summed E-state index contributed by atoms with van der Waals surface area (Å²) in [7, 11) is 0. The lowest BCUT2D eigenvalue weighted by Gasteiger charge is -2.30. The van der Waals surface area contributed by atoms with Crippen LogP contribution < -0.4 is 5.32 Å². The molecule has 0 amide bonds. The maximum atomic E-state index is 13.1. The number of benzene rings is 1. The number of nitrogens with zero attached hydrogens (tertiary/aromatic N) is 2. The van der Waals surface area contributed by atoms with Crippen molar-refractivity contribution in [2.24, 2.45) is 0 Å². The number of rotatable bonds is 12. The van der Waals surface area contributed by atoms with Crippen molar-refractivity contribution in [1.29, 1.82) is 0 Å². The van der Waals surface area contributed by atoms with Crippen molar-refractivity contribution in [3.63, 3.8) is 0 Å². The van der Waals surface area contributed by atoms with Crippen LogP contribution in [0.15, 0.2) is 46.8 Å². The Hall–Kier alpha value is -3.96. The first kappa shape index (κ1) is 26.3. The van der Waals surface area contributed by atoms with Crippen LogP contribution in [0.3, 0.4) is 0 Å². The van der Waals surface area contributed by atoms with E-state index < -0.39 is 41.1 Å². The second-order valence-electron chi connectivity index (χ2n) is 7.52. The van der Waals surface area contributed by atoms with E-state index in [0.29, 0.717) is 23.4 Å². The number of hydrogen-bond acceptors (Lipinski definition) is 10. The number of unbranched alkanes of at least 4 members (excludes halogenated alkanes) is 2. The zero-order valence-electron chi connectivity index (χ0n) is 19.2. The summed E-state index contributed by atoms with van der Waals surface area (Å²) in [6.45, 7) is 4.57. The Bertz CT molecular complexity index is 1020. The van der Waals surface area contributed by atoms with Crippen molar-refractivity contribution in [2.75, 3.05) is 19.8 Å². The maximum Gasteiger partial charge on any atom is 0.336 e. The molecule has 0 bridgehead atoms. The summed E-state index contributed by atoms with van der Waals surface area (Å²) in [5.41, 5.74) is 1.07. The number of nitrogens with one attached hydrogen (secondary N) is 1. The van der Waals surface area contributed by atoms with Crippen LogP contribution in [-0.4, -0.2) is 41.8 Å². The van der Waals surface area contributed by atoms with Gasteiger partial charge in [0, 0.05) is 23.5 Å². The highest BCUT2D eigenvalue weighted by molar-refractivity contribution is 6.00. The highest BCUT2D eigenvalue weighted by Gasteiger charge is 2.38. The van der Waals surface area contributed by atoms with Gasteiger partial charge < -0.3 is 19.6 Å². The molecular formula is C22H27N3O9. The molecule has 1 N–H and O–H groups in total. The first-order valence-corrected chi connectivity index (χ1v) is 10.7. The largest absolute Gasteiger partial charge is 0.462 e. The quantitative estimate of drug-likeness (QED) is 0.205. The third-order valence-corrected chi connectivity index (χ3v) is 5.11. The highest BCUT2D eigenvalue weighted by atomic mass is 17.0. The van der Waals surface area contributed by atoms with Crippen LogP contribution in [0, 0.1) is 20.2 Å². The second-order valence-corrected chi connectivity index (χ2v) is 7.52. The molecule has 1 aliphatic rings. The van der Waals surface area contributed by atoms with Crippen LogP contribution in [0.4, 0.5) is 5.69 Å². The fourth-order valence-electron chi connectivity index (χ4n) is 3.61. The van der Waals surface area contributed by atoms with Gasteiger partial charge in [-0.25, -0.2) is 9.59 Å². The molecule has 0 spiro atoms. The fourth-order valence-corrected chi connectivity index (χ4v) is 3.61. The molecule has 12 heteroatoms. The number of nitro benzene ring substituents is 1. The molecule has 0 saturated carbocycles. The smallest absolute Gasteiger partial charge is 0.336 e. The molecule has 1 aromatic carbocycles. The normalized spacial score (nSPS) is 15.4. The lowest BCUT2D eigenvalue weighted by Crippen LogP contribution is -2.33. The van der Waals surface area contributed by atoms with Gasteiger partial charge in [0.25, 0.3) is 10.8 Å². The molecule has 1 heterocycles. The Morgan fingerprint density at radius 3 is 2.15 bits per heavy atom. The van der Waals surface area contributed by atoms with Crippen molar-refractivity contribution >= 4 is 17.6 Å². The van der Waals surface area contributed by atoms with Gasteiger partial charge in [-0.3, -0.25) is 10.1 Å². The zero-order valence-corrected chi connectivity index (χ0v) is 19.2. The third-order valence-electron chi connectivity index (χ3n) is 5.11. The number of carbonyl (C=O) groups excluding carboxylic acids is 2. The van der Waals surface area contributed by atoms with E-state index >= 15 is 0 Å². The minimum absolute atomic E-state index is 0.0349. The number of carbonyl (C=O) groups is 2. The molecule has 1 atom stereocenters. The van der Waals surface area contributed by atoms with Crippen LogP contribution in [0.1, 0.15) is 51.5 Å². The summed E-state index contributed by atoms with van der Waals surface area (Å²) in [5.74, 6) is -2.52. The Labute approximate surface area is 195 Å². The van der Waals surface area contributed by atoms with Crippen LogP contribution in [0.5, 0.6) is 0 Å².